The van der Waals surface area contributed by atoms with Crippen LogP contribution in [0.2, 0.25) is 0 Å². The van der Waals surface area contributed by atoms with Crippen LogP contribution in [-0.4, -0.2) is 10.2 Å². The molecule has 1 aliphatic heterocycles. The molecule has 0 unspecified atom stereocenters. The molecular weight excluding hydrogens is 174 g/mol. The summed E-state index contributed by atoms with van der Waals surface area (Å²) in [4.78, 5) is 8.05. The van der Waals surface area contributed by atoms with Crippen molar-refractivity contribution in [3.8, 4) is 6.07 Å². The molecule has 2 heterocycles. The molecule has 0 aromatic carbocycles. The van der Waals surface area contributed by atoms with E-state index in [2.05, 4.69) is 9.98 Å². The normalized spacial score (nSPS) is 13.5. The second kappa shape index (κ2) is 2.58. The number of hydrogen-bond donors (Lipinski definition) is 0. The number of pyridine rings is 1. The molecule has 2 rings (SSSR count). The minimum atomic E-state index is 0.453. The second-order valence-corrected chi connectivity index (χ2v) is 2.80. The number of nitriles is 1. The summed E-state index contributed by atoms with van der Waals surface area (Å²) < 4.78 is 0. The number of aliphatic imine (C=N–C) groups is 1. The minimum Gasteiger partial charge on any atom is -0.266 e. The Balaban J connectivity index is 2.59. The van der Waals surface area contributed by atoms with Crippen molar-refractivity contribution in [1.29, 1.82) is 5.26 Å². The number of aromatic nitrogens is 1. The Morgan fingerprint density at radius 2 is 2.42 bits per heavy atom. The second-order valence-electron chi connectivity index (χ2n) is 2.44. The number of hydrogen-bond acceptors (Lipinski definition) is 3. The first-order valence-corrected chi connectivity index (χ1v) is 3.78. The van der Waals surface area contributed by atoms with E-state index in [1.54, 1.807) is 6.07 Å². The van der Waals surface area contributed by atoms with E-state index in [0.717, 1.165) is 11.3 Å². The van der Waals surface area contributed by atoms with Crippen molar-refractivity contribution in [2.75, 3.05) is 0 Å². The fraction of sp³-hybridized carbons (Fsp3) is 0.125. The van der Waals surface area contributed by atoms with Crippen LogP contribution in [0, 0.1) is 11.3 Å². The molecule has 1 aromatic rings. The van der Waals surface area contributed by atoms with Crippen molar-refractivity contribution in [3.63, 3.8) is 0 Å². The zero-order chi connectivity index (χ0) is 8.55. The number of fused-ring (bicyclic) bond motifs is 1. The van der Waals surface area contributed by atoms with E-state index in [-0.39, 0.29) is 0 Å². The number of rotatable bonds is 0. The first-order valence-electron chi connectivity index (χ1n) is 3.40. The third kappa shape index (κ3) is 0.973. The van der Waals surface area contributed by atoms with E-state index >= 15 is 0 Å². The molecule has 0 radical (unpaired) electrons. The minimum absolute atomic E-state index is 0.453. The molecule has 0 fully saturated rings. The molecule has 1 aliphatic rings. The van der Waals surface area contributed by atoms with Gasteiger partial charge in [-0.25, -0.2) is 0 Å². The van der Waals surface area contributed by atoms with Crippen LogP contribution < -0.4 is 0 Å². The smallest absolute Gasteiger partial charge is 0.133 e. The van der Waals surface area contributed by atoms with Crippen LogP contribution in [0.15, 0.2) is 17.3 Å². The number of halogens is 1. The highest BCUT2D eigenvalue weighted by Gasteiger charge is 2.15. The van der Waals surface area contributed by atoms with Crippen molar-refractivity contribution in [2.24, 2.45) is 4.99 Å². The summed E-state index contributed by atoms with van der Waals surface area (Å²) in [6, 6.07) is 3.71. The monoisotopic (exact) mass is 177 g/mol. The SMILES string of the molecule is N#Cc1cnc2c(c1)C(Cl)=NC2. The van der Waals surface area contributed by atoms with Gasteiger partial charge in [-0.2, -0.15) is 5.26 Å². The molecule has 0 amide bonds. The zero-order valence-corrected chi connectivity index (χ0v) is 6.84. The van der Waals surface area contributed by atoms with E-state index in [4.69, 9.17) is 16.9 Å². The van der Waals surface area contributed by atoms with Gasteiger partial charge in [0.25, 0.3) is 0 Å². The maximum Gasteiger partial charge on any atom is 0.133 e. The summed E-state index contributed by atoms with van der Waals surface area (Å²) in [5, 5.41) is 9.04. The third-order valence-corrected chi connectivity index (χ3v) is 2.01. The zero-order valence-electron chi connectivity index (χ0n) is 6.08. The molecule has 0 aliphatic carbocycles. The first kappa shape index (κ1) is 7.26. The maximum absolute atomic E-state index is 8.58. The Labute approximate surface area is 74.3 Å². The predicted octanol–water partition coefficient (Wildman–Crippen LogP) is 1.45. The Morgan fingerprint density at radius 3 is 3.17 bits per heavy atom. The molecule has 0 N–H and O–H groups in total. The average Bonchev–Trinajstić information content (AvgIpc) is 2.47. The highest BCUT2D eigenvalue weighted by atomic mass is 35.5. The molecule has 0 spiro atoms. The van der Waals surface area contributed by atoms with Gasteiger partial charge in [0.2, 0.25) is 0 Å². The highest BCUT2D eigenvalue weighted by molar-refractivity contribution is 6.70. The average molecular weight is 178 g/mol. The van der Waals surface area contributed by atoms with Crippen LogP contribution in [0.25, 0.3) is 0 Å². The Hall–Kier alpha value is -1.40. The van der Waals surface area contributed by atoms with Crippen molar-refractivity contribution >= 4 is 16.8 Å². The fourth-order valence-corrected chi connectivity index (χ4v) is 1.31. The van der Waals surface area contributed by atoms with Crippen LogP contribution in [0.5, 0.6) is 0 Å². The van der Waals surface area contributed by atoms with Crippen LogP contribution in [-0.2, 0) is 6.54 Å². The summed E-state index contributed by atoms with van der Waals surface area (Å²) in [5.41, 5.74) is 2.15. The molecule has 0 saturated carbocycles. The first-order chi connectivity index (χ1) is 5.81. The highest BCUT2D eigenvalue weighted by Crippen LogP contribution is 2.19. The maximum atomic E-state index is 8.58. The Kier molecular flexibility index (Phi) is 1.56. The van der Waals surface area contributed by atoms with Gasteiger partial charge >= 0.3 is 0 Å². The van der Waals surface area contributed by atoms with Gasteiger partial charge in [0.1, 0.15) is 11.2 Å². The fourth-order valence-electron chi connectivity index (χ4n) is 1.09. The van der Waals surface area contributed by atoms with E-state index in [9.17, 15) is 0 Å². The van der Waals surface area contributed by atoms with E-state index in [0.29, 0.717) is 17.3 Å². The van der Waals surface area contributed by atoms with Crippen molar-refractivity contribution in [1.82, 2.24) is 4.98 Å². The van der Waals surface area contributed by atoms with E-state index < -0.39 is 0 Å². The molecule has 1 aromatic heterocycles. The summed E-state index contributed by atoms with van der Waals surface area (Å²) in [6.07, 6.45) is 1.53. The lowest BCUT2D eigenvalue weighted by atomic mass is 10.2. The molecule has 4 heteroatoms. The standard InChI is InChI=1S/C8H4ClN3/c9-8-6-1-5(2-10)3-11-7(6)4-12-8/h1,3H,4H2. The van der Waals surface area contributed by atoms with Gasteiger partial charge in [-0.1, -0.05) is 11.6 Å². The lowest BCUT2D eigenvalue weighted by molar-refractivity contribution is 1.02. The topological polar surface area (TPSA) is 49.0 Å². The van der Waals surface area contributed by atoms with Crippen molar-refractivity contribution in [3.05, 3.63) is 29.1 Å². The number of nitrogens with zero attached hydrogens (tertiary/aromatic N) is 3. The largest absolute Gasteiger partial charge is 0.266 e. The summed E-state index contributed by atoms with van der Waals surface area (Å²) in [7, 11) is 0. The van der Waals surface area contributed by atoms with Gasteiger partial charge in [-0.15, -0.1) is 0 Å². The third-order valence-electron chi connectivity index (χ3n) is 1.69. The summed E-state index contributed by atoms with van der Waals surface area (Å²) in [6.45, 7) is 0.528. The Morgan fingerprint density at radius 1 is 1.58 bits per heavy atom. The van der Waals surface area contributed by atoms with Gasteiger partial charge in [0.05, 0.1) is 17.8 Å². The van der Waals surface area contributed by atoms with Crippen LogP contribution >= 0.6 is 11.6 Å². The lowest BCUT2D eigenvalue weighted by Gasteiger charge is -1.95. The molecule has 0 bridgehead atoms. The van der Waals surface area contributed by atoms with Gasteiger partial charge in [0.15, 0.2) is 0 Å². The summed E-state index contributed by atoms with van der Waals surface area (Å²) in [5.74, 6) is 0. The van der Waals surface area contributed by atoms with E-state index in [1.807, 2.05) is 6.07 Å². The summed E-state index contributed by atoms with van der Waals surface area (Å²) >= 11 is 5.77. The molecule has 12 heavy (non-hydrogen) atoms. The van der Waals surface area contributed by atoms with Crippen molar-refractivity contribution in [2.45, 2.75) is 6.54 Å². The van der Waals surface area contributed by atoms with Gasteiger partial charge in [-0.05, 0) is 6.07 Å². The molecule has 0 saturated heterocycles. The van der Waals surface area contributed by atoms with E-state index in [1.165, 1.54) is 6.20 Å². The van der Waals surface area contributed by atoms with Crippen LogP contribution in [0.1, 0.15) is 16.8 Å². The predicted molar refractivity (Wildman–Crippen MR) is 45.0 cm³/mol. The Bertz CT molecular complexity index is 403. The van der Waals surface area contributed by atoms with Gasteiger partial charge in [0, 0.05) is 11.8 Å². The molecule has 0 atom stereocenters. The molecule has 58 valence electrons. The van der Waals surface area contributed by atoms with Crippen molar-refractivity contribution < 1.29 is 0 Å². The van der Waals surface area contributed by atoms with Gasteiger partial charge in [-0.3, -0.25) is 9.98 Å². The van der Waals surface area contributed by atoms with Crippen LogP contribution in [0.4, 0.5) is 0 Å². The molecular formula is C8H4ClN3. The molecule has 3 nitrogen and oxygen atoms in total. The quantitative estimate of drug-likeness (QED) is 0.602. The lowest BCUT2D eigenvalue weighted by Crippen LogP contribution is -1.93. The van der Waals surface area contributed by atoms with Crippen LogP contribution in [0.3, 0.4) is 0 Å². The van der Waals surface area contributed by atoms with Gasteiger partial charge < -0.3 is 0 Å².